The number of carbonyl (C=O) groups excluding carboxylic acids is 2. The molecule has 0 aromatic heterocycles. The van der Waals surface area contributed by atoms with Crippen molar-refractivity contribution >= 4 is 22.9 Å². The Morgan fingerprint density at radius 2 is 1.57 bits per heavy atom. The zero-order valence-electron chi connectivity index (χ0n) is 11.5. The first kappa shape index (κ1) is 18.2. The van der Waals surface area contributed by atoms with Crippen molar-refractivity contribution in [1.82, 2.24) is 4.90 Å². The first-order valence-electron chi connectivity index (χ1n) is 6.65. The lowest BCUT2D eigenvalue weighted by Gasteiger charge is -2.33. The summed E-state index contributed by atoms with van der Waals surface area (Å²) in [5.74, 6) is -0.361. The van der Waals surface area contributed by atoms with Crippen molar-refractivity contribution in [3.8, 4) is 0 Å². The molecule has 0 aromatic carbocycles. The highest BCUT2D eigenvalue weighted by molar-refractivity contribution is 6.64. The maximum atomic E-state index is 12.3. The van der Waals surface area contributed by atoms with Crippen LogP contribution in [0.15, 0.2) is 0 Å². The molecule has 1 heterocycles. The van der Waals surface area contributed by atoms with E-state index in [1.54, 1.807) is 0 Å². The second-order valence-electron chi connectivity index (χ2n) is 5.76. The van der Waals surface area contributed by atoms with Gasteiger partial charge in [-0.2, -0.15) is 26.3 Å². The molecule has 0 bridgehead atoms. The second-order valence-corrected chi connectivity index (χ2v) is 6.13. The molecule has 1 atom stereocenters. The first-order valence-corrected chi connectivity index (χ1v) is 7.03. The molecule has 2 rings (SSSR count). The number of hydrogen-bond acceptors (Lipinski definition) is 3. The van der Waals surface area contributed by atoms with Crippen molar-refractivity contribution in [3.63, 3.8) is 0 Å². The van der Waals surface area contributed by atoms with Crippen molar-refractivity contribution < 1.29 is 40.7 Å². The molecular formula is C12H12ClF6NO3. The van der Waals surface area contributed by atoms with Gasteiger partial charge in [-0.15, -0.1) is 0 Å². The fourth-order valence-corrected chi connectivity index (χ4v) is 3.16. The maximum Gasteiger partial charge on any atom is 0.434 e. The van der Waals surface area contributed by atoms with E-state index >= 15 is 0 Å². The Morgan fingerprint density at radius 3 is 1.91 bits per heavy atom. The van der Waals surface area contributed by atoms with E-state index in [1.165, 1.54) is 0 Å². The van der Waals surface area contributed by atoms with Crippen LogP contribution < -0.4 is 0 Å². The summed E-state index contributed by atoms with van der Waals surface area (Å²) >= 11 is 5.37. The topological polar surface area (TPSA) is 46.6 Å². The van der Waals surface area contributed by atoms with Crippen LogP contribution in [-0.2, 0) is 9.53 Å². The number of nitrogens with zero attached hydrogens (tertiary/aromatic N) is 1. The number of likely N-dealkylation sites (tertiary alicyclic amines) is 1. The van der Waals surface area contributed by atoms with Gasteiger partial charge in [0, 0.05) is 19.0 Å². The van der Waals surface area contributed by atoms with Gasteiger partial charge in [-0.05, 0) is 36.3 Å². The van der Waals surface area contributed by atoms with Gasteiger partial charge in [0.25, 0.3) is 6.10 Å². The van der Waals surface area contributed by atoms with Gasteiger partial charge in [0.1, 0.15) is 0 Å². The highest BCUT2D eigenvalue weighted by Crippen LogP contribution is 2.60. The fourth-order valence-electron chi connectivity index (χ4n) is 2.85. The molecule has 1 amide bonds. The number of rotatable bonds is 2. The molecule has 0 N–H and O–H groups in total. The van der Waals surface area contributed by atoms with Crippen LogP contribution in [0.3, 0.4) is 0 Å². The lowest BCUT2D eigenvalue weighted by molar-refractivity contribution is -0.308. The first-order chi connectivity index (χ1) is 10.4. The minimum atomic E-state index is -5.74. The SMILES string of the molecule is O=C(Cl)[C@@H]1CC12CCN(C(=O)OC(C(F)(F)F)C(F)(F)F)CC2. The Balaban J connectivity index is 1.94. The monoisotopic (exact) mass is 367 g/mol. The van der Waals surface area contributed by atoms with Gasteiger partial charge in [-0.1, -0.05) is 0 Å². The molecule has 132 valence electrons. The molecular weight excluding hydrogens is 356 g/mol. The van der Waals surface area contributed by atoms with Gasteiger partial charge in [0.2, 0.25) is 5.24 Å². The zero-order valence-corrected chi connectivity index (χ0v) is 12.3. The van der Waals surface area contributed by atoms with Crippen LogP contribution in [-0.4, -0.2) is 47.8 Å². The van der Waals surface area contributed by atoms with Crippen LogP contribution in [0.25, 0.3) is 0 Å². The Hall–Kier alpha value is -1.19. The van der Waals surface area contributed by atoms with Crippen molar-refractivity contribution in [2.24, 2.45) is 11.3 Å². The molecule has 0 radical (unpaired) electrons. The largest absolute Gasteiger partial charge is 0.434 e. The predicted molar refractivity (Wildman–Crippen MR) is 64.6 cm³/mol. The molecule has 1 aliphatic heterocycles. The minimum absolute atomic E-state index is 0.0814. The molecule has 23 heavy (non-hydrogen) atoms. The van der Waals surface area contributed by atoms with Crippen molar-refractivity contribution in [2.45, 2.75) is 37.7 Å². The van der Waals surface area contributed by atoms with Crippen LogP contribution in [0.2, 0.25) is 0 Å². The molecule has 0 unspecified atom stereocenters. The Bertz CT molecular complexity index is 484. The minimum Gasteiger partial charge on any atom is -0.426 e. The molecule has 11 heteroatoms. The number of amides is 1. The third kappa shape index (κ3) is 3.84. The predicted octanol–water partition coefficient (Wildman–Crippen LogP) is 3.48. The van der Waals surface area contributed by atoms with E-state index < -0.39 is 29.8 Å². The smallest absolute Gasteiger partial charge is 0.426 e. The second kappa shape index (κ2) is 5.71. The van der Waals surface area contributed by atoms with E-state index in [4.69, 9.17) is 11.6 Å². The van der Waals surface area contributed by atoms with E-state index in [0.717, 1.165) is 4.90 Å². The molecule has 2 fully saturated rings. The lowest BCUT2D eigenvalue weighted by Crippen LogP contribution is -2.49. The Kier molecular flexibility index (Phi) is 4.51. The summed E-state index contributed by atoms with van der Waals surface area (Å²) in [6.45, 7) is -0.163. The van der Waals surface area contributed by atoms with E-state index in [1.807, 2.05) is 0 Å². The van der Waals surface area contributed by atoms with Gasteiger partial charge >= 0.3 is 18.4 Å². The standard InChI is InChI=1S/C12H12ClF6NO3/c13-7(21)6-5-10(6)1-3-20(4-2-10)9(22)23-8(11(14,15)16)12(17,18)19/h6,8H,1-5H2/t6-/m0/s1. The van der Waals surface area contributed by atoms with Gasteiger partial charge in [-0.25, -0.2) is 4.79 Å². The Morgan fingerprint density at radius 1 is 1.09 bits per heavy atom. The van der Waals surface area contributed by atoms with Gasteiger partial charge in [-0.3, -0.25) is 4.79 Å². The number of piperidine rings is 1. The number of alkyl halides is 6. The summed E-state index contributed by atoms with van der Waals surface area (Å²) in [5, 5.41) is -0.518. The number of hydrogen-bond donors (Lipinski definition) is 0. The molecule has 4 nitrogen and oxygen atoms in total. The third-order valence-electron chi connectivity index (χ3n) is 4.29. The van der Waals surface area contributed by atoms with Crippen LogP contribution in [0.1, 0.15) is 19.3 Å². The van der Waals surface area contributed by atoms with E-state index in [2.05, 4.69) is 4.74 Å². The highest BCUT2D eigenvalue weighted by Gasteiger charge is 2.61. The highest BCUT2D eigenvalue weighted by atomic mass is 35.5. The zero-order chi connectivity index (χ0) is 17.6. The Labute approximate surface area is 131 Å². The average Bonchev–Trinajstić information content (AvgIpc) is 3.08. The van der Waals surface area contributed by atoms with Gasteiger partial charge in [0.15, 0.2) is 0 Å². The normalized spacial score (nSPS) is 24.0. The van der Waals surface area contributed by atoms with Crippen molar-refractivity contribution in [3.05, 3.63) is 0 Å². The van der Waals surface area contributed by atoms with Crippen molar-refractivity contribution in [2.75, 3.05) is 13.1 Å². The molecule has 1 saturated heterocycles. The summed E-state index contributed by atoms with van der Waals surface area (Å²) < 4.78 is 77.7. The van der Waals surface area contributed by atoms with Gasteiger partial charge < -0.3 is 9.64 Å². The van der Waals surface area contributed by atoms with Crippen molar-refractivity contribution in [1.29, 1.82) is 0 Å². The van der Waals surface area contributed by atoms with Crippen LogP contribution in [0.4, 0.5) is 31.1 Å². The number of carbonyl (C=O) groups is 2. The summed E-state index contributed by atoms with van der Waals surface area (Å²) in [5.41, 5.74) is -0.386. The molecule has 1 saturated carbocycles. The average molecular weight is 368 g/mol. The maximum absolute atomic E-state index is 12.3. The molecule has 1 spiro atoms. The van der Waals surface area contributed by atoms with Crippen LogP contribution in [0, 0.1) is 11.3 Å². The summed E-state index contributed by atoms with van der Waals surface area (Å²) in [4.78, 5) is 23.4. The molecule has 1 aliphatic carbocycles. The summed E-state index contributed by atoms with van der Waals surface area (Å²) in [6, 6.07) is 0. The van der Waals surface area contributed by atoms with Crippen LogP contribution >= 0.6 is 11.6 Å². The fraction of sp³-hybridized carbons (Fsp3) is 0.833. The van der Waals surface area contributed by atoms with E-state index in [0.29, 0.717) is 6.42 Å². The van der Waals surface area contributed by atoms with Gasteiger partial charge in [0.05, 0.1) is 0 Å². The number of ether oxygens (including phenoxy) is 1. The molecule has 0 aromatic rings. The quantitative estimate of drug-likeness (QED) is 0.554. The van der Waals surface area contributed by atoms with E-state index in [9.17, 15) is 35.9 Å². The van der Waals surface area contributed by atoms with E-state index in [-0.39, 0.29) is 37.3 Å². The third-order valence-corrected chi connectivity index (χ3v) is 4.56. The lowest BCUT2D eigenvalue weighted by atomic mass is 9.91. The van der Waals surface area contributed by atoms with Crippen LogP contribution in [0.5, 0.6) is 0 Å². The summed E-state index contributed by atoms with van der Waals surface area (Å²) in [6.07, 6.45) is -16.2. The number of halogens is 7. The molecule has 2 aliphatic rings. The summed E-state index contributed by atoms with van der Waals surface area (Å²) in [7, 11) is 0.